The summed E-state index contributed by atoms with van der Waals surface area (Å²) >= 11 is 0. The summed E-state index contributed by atoms with van der Waals surface area (Å²) in [6, 6.07) is 151. The summed E-state index contributed by atoms with van der Waals surface area (Å²) in [4.78, 5) is 0. The monoisotopic (exact) mass is 1420 g/mol. The van der Waals surface area contributed by atoms with Gasteiger partial charge >= 0.3 is 0 Å². The van der Waals surface area contributed by atoms with Crippen LogP contribution in [0.25, 0.3) is 219 Å². The van der Waals surface area contributed by atoms with Gasteiger partial charge < -0.3 is 18.3 Å². The Morgan fingerprint density at radius 3 is 0.848 bits per heavy atom. The Kier molecular flexibility index (Phi) is 14.3. The normalized spacial score (nSPS) is 11.9. The van der Waals surface area contributed by atoms with E-state index in [0.29, 0.717) is 0 Å². The molecule has 520 valence electrons. The number of hydrogen-bond acceptors (Lipinski definition) is 0. The fourth-order valence-electron chi connectivity index (χ4n) is 18.6. The minimum Gasteiger partial charge on any atom is -0.309 e. The molecule has 0 spiro atoms. The highest BCUT2D eigenvalue weighted by Crippen LogP contribution is 2.45. The van der Waals surface area contributed by atoms with E-state index in [-0.39, 0.29) is 0 Å². The second-order valence-electron chi connectivity index (χ2n) is 29.8. The van der Waals surface area contributed by atoms with Gasteiger partial charge in [-0.05, 0) is 219 Å². The molecule has 4 heteroatoms. The van der Waals surface area contributed by atoms with Gasteiger partial charge in [-0.25, -0.2) is 0 Å². The molecular weight excluding hydrogens is 1350 g/mol. The Hall–Kier alpha value is -14.8. The van der Waals surface area contributed by atoms with Gasteiger partial charge in [0.05, 0.1) is 49.8 Å². The molecule has 24 rings (SSSR count). The third-order valence-corrected chi connectivity index (χ3v) is 23.8. The van der Waals surface area contributed by atoms with Crippen molar-refractivity contribution in [3.8, 4) is 67.3 Å². The zero-order chi connectivity index (χ0) is 73.5. The van der Waals surface area contributed by atoms with Crippen LogP contribution in [0.5, 0.6) is 0 Å². The van der Waals surface area contributed by atoms with Crippen molar-refractivity contribution >= 4 is 152 Å². The Morgan fingerprint density at radius 2 is 0.411 bits per heavy atom. The van der Waals surface area contributed by atoms with Crippen LogP contribution in [-0.4, -0.2) is 18.3 Å². The summed E-state index contributed by atoms with van der Waals surface area (Å²) in [5.41, 5.74) is 24.1. The predicted octanol–water partition coefficient (Wildman–Crippen LogP) is 29.3. The molecule has 0 aliphatic rings. The topological polar surface area (TPSA) is 19.7 Å². The van der Waals surface area contributed by atoms with Gasteiger partial charge in [0.25, 0.3) is 0 Å². The minimum absolute atomic E-state index is 1.16. The van der Waals surface area contributed by atoms with E-state index in [0.717, 1.165) is 11.4 Å². The molecule has 0 saturated carbocycles. The molecule has 0 atom stereocenters. The van der Waals surface area contributed by atoms with Crippen LogP contribution < -0.4 is 0 Å². The fourth-order valence-corrected chi connectivity index (χ4v) is 18.6. The van der Waals surface area contributed by atoms with Gasteiger partial charge in [0, 0.05) is 65.5 Å². The highest BCUT2D eigenvalue weighted by Gasteiger charge is 2.22. The lowest BCUT2D eigenvalue weighted by Crippen LogP contribution is -1.96. The Bertz CT molecular complexity index is 7930. The molecule has 0 aliphatic carbocycles. The summed E-state index contributed by atoms with van der Waals surface area (Å²) in [6.07, 6.45) is 0. The standard InChI is InChI=1S/2C54H34N2/c1-2-12-35(13-3-1)36-22-26-39(27-23-36)55-51-20-10-8-18-46(51)49-32-37(24-30-53(49)55)38-25-31-54-50(33-38)47-19-9-11-21-52(47)56(54)40-28-29-45-43-16-5-4-14-41(43)42-15-6-7-17-44(42)48(45)34-40;1-2-12-35(13-3-1)36-24-28-41(29-25-36)55-49-20-10-8-17-44(49)47-32-38(26-30-51(47)55)39-27-31-52-48(33-39)45-18-9-11-21-50(45)56(52)53-34-40-23-22-37-14-4-5-15-42(37)54(40)46-19-7-6-16-43(46)53/h2*1-34H. The van der Waals surface area contributed by atoms with Crippen molar-refractivity contribution in [2.24, 2.45) is 0 Å². The molecule has 0 aliphatic heterocycles. The van der Waals surface area contributed by atoms with Crippen LogP contribution in [0.3, 0.4) is 0 Å². The van der Waals surface area contributed by atoms with Gasteiger partial charge in [0.2, 0.25) is 0 Å². The number of para-hydroxylation sites is 4. The molecule has 0 saturated heterocycles. The van der Waals surface area contributed by atoms with Crippen LogP contribution in [-0.2, 0) is 0 Å². The number of benzene rings is 20. The third kappa shape index (κ3) is 9.95. The number of rotatable bonds is 8. The summed E-state index contributed by atoms with van der Waals surface area (Å²) in [7, 11) is 0. The molecule has 0 N–H and O–H groups in total. The molecular formula is C108H68N4. The average molecular weight is 1420 g/mol. The van der Waals surface area contributed by atoms with E-state index in [1.807, 2.05) is 0 Å². The first-order valence-corrected chi connectivity index (χ1v) is 38.7. The van der Waals surface area contributed by atoms with Gasteiger partial charge in [-0.15, -0.1) is 0 Å². The molecule has 4 heterocycles. The molecule has 0 bridgehead atoms. The number of aromatic nitrogens is 4. The number of hydrogen-bond donors (Lipinski definition) is 0. The van der Waals surface area contributed by atoms with Crippen molar-refractivity contribution in [2.45, 2.75) is 0 Å². The second-order valence-corrected chi connectivity index (χ2v) is 29.8. The van der Waals surface area contributed by atoms with E-state index in [2.05, 4.69) is 431 Å². The number of nitrogens with zero attached hydrogens (tertiary/aromatic N) is 4. The lowest BCUT2D eigenvalue weighted by Gasteiger charge is -2.16. The van der Waals surface area contributed by atoms with Gasteiger partial charge in [-0.2, -0.15) is 0 Å². The van der Waals surface area contributed by atoms with Crippen LogP contribution >= 0.6 is 0 Å². The summed E-state index contributed by atoms with van der Waals surface area (Å²) in [5.74, 6) is 0. The first-order chi connectivity index (χ1) is 55.6. The van der Waals surface area contributed by atoms with Crippen molar-refractivity contribution in [1.29, 1.82) is 0 Å². The summed E-state index contributed by atoms with van der Waals surface area (Å²) < 4.78 is 9.72. The zero-order valence-electron chi connectivity index (χ0n) is 61.0. The van der Waals surface area contributed by atoms with Crippen molar-refractivity contribution in [3.63, 3.8) is 0 Å². The second kappa shape index (κ2) is 25.4. The van der Waals surface area contributed by atoms with Crippen LogP contribution in [0.2, 0.25) is 0 Å². The van der Waals surface area contributed by atoms with Gasteiger partial charge in [0.1, 0.15) is 0 Å². The van der Waals surface area contributed by atoms with Crippen molar-refractivity contribution in [1.82, 2.24) is 18.3 Å². The van der Waals surface area contributed by atoms with Crippen LogP contribution in [0.1, 0.15) is 0 Å². The quantitative estimate of drug-likeness (QED) is 0.135. The maximum absolute atomic E-state index is 2.48. The minimum atomic E-state index is 1.16. The van der Waals surface area contributed by atoms with E-state index in [4.69, 9.17) is 0 Å². The molecule has 24 aromatic rings. The van der Waals surface area contributed by atoms with Crippen LogP contribution in [0.4, 0.5) is 0 Å². The summed E-state index contributed by atoms with van der Waals surface area (Å²) in [6.45, 7) is 0. The molecule has 20 aromatic carbocycles. The Balaban J connectivity index is 0.000000134. The Morgan fingerprint density at radius 1 is 0.125 bits per heavy atom. The zero-order valence-corrected chi connectivity index (χ0v) is 61.0. The smallest absolute Gasteiger partial charge is 0.0546 e. The lowest BCUT2D eigenvalue weighted by atomic mass is 9.94. The molecule has 4 aromatic heterocycles. The van der Waals surface area contributed by atoms with Gasteiger partial charge in [0.15, 0.2) is 0 Å². The van der Waals surface area contributed by atoms with Gasteiger partial charge in [-0.3, -0.25) is 0 Å². The van der Waals surface area contributed by atoms with Crippen molar-refractivity contribution < 1.29 is 0 Å². The maximum Gasteiger partial charge on any atom is 0.0546 e. The SMILES string of the molecule is c1ccc(-c2ccc(-n3c4ccccc4c4cc(-c5ccc6c(c5)c5ccccc5n6-c5cc6ccc7ccccc7c6c6ccccc56)ccc43)cc2)cc1.c1ccc(-c2ccc(-n3c4ccccc4c4cc(-c5ccc6c(c5)c5ccccc5n6-c5ccc6c7ccccc7c7ccccc7c6c5)ccc43)cc2)cc1. The first-order valence-electron chi connectivity index (χ1n) is 38.7. The number of fused-ring (bicyclic) bond motifs is 23. The third-order valence-electron chi connectivity index (χ3n) is 23.8. The van der Waals surface area contributed by atoms with E-state index >= 15 is 0 Å². The van der Waals surface area contributed by atoms with Gasteiger partial charge in [-0.1, -0.05) is 297 Å². The molecule has 4 nitrogen and oxygen atoms in total. The van der Waals surface area contributed by atoms with E-state index in [9.17, 15) is 0 Å². The fraction of sp³-hybridized carbons (Fsp3) is 0. The molecule has 0 amide bonds. The van der Waals surface area contributed by atoms with E-state index < -0.39 is 0 Å². The summed E-state index contributed by atoms with van der Waals surface area (Å²) in [5, 5.41) is 25.4. The van der Waals surface area contributed by atoms with Crippen molar-refractivity contribution in [2.75, 3.05) is 0 Å². The lowest BCUT2D eigenvalue weighted by molar-refractivity contribution is 1.18. The molecule has 0 unspecified atom stereocenters. The Labute approximate surface area is 645 Å². The van der Waals surface area contributed by atoms with Crippen LogP contribution in [0, 0.1) is 0 Å². The molecule has 112 heavy (non-hydrogen) atoms. The first kappa shape index (κ1) is 63.3. The highest BCUT2D eigenvalue weighted by molar-refractivity contribution is 6.27. The highest BCUT2D eigenvalue weighted by atomic mass is 15.0. The predicted molar refractivity (Wildman–Crippen MR) is 477 cm³/mol. The molecule has 0 fully saturated rings. The average Bonchev–Trinajstić information content (AvgIpc) is 1.29. The van der Waals surface area contributed by atoms with Crippen LogP contribution in [0.15, 0.2) is 413 Å². The van der Waals surface area contributed by atoms with E-state index in [1.165, 1.54) is 208 Å². The maximum atomic E-state index is 2.48. The van der Waals surface area contributed by atoms with Crippen molar-refractivity contribution in [3.05, 3.63) is 413 Å². The van der Waals surface area contributed by atoms with E-state index in [1.54, 1.807) is 0 Å². The largest absolute Gasteiger partial charge is 0.309 e. The molecule has 0 radical (unpaired) electrons.